The molecule has 0 aliphatic heterocycles. The summed E-state index contributed by atoms with van der Waals surface area (Å²) < 4.78 is 38.4. The van der Waals surface area contributed by atoms with Gasteiger partial charge in [0.05, 0.1) is 5.69 Å². The predicted octanol–water partition coefficient (Wildman–Crippen LogP) is 4.85. The largest absolute Gasteiger partial charge is 0.426 e. The molecule has 3 nitrogen and oxygen atoms in total. The first-order valence-corrected chi connectivity index (χ1v) is 8.35. The second kappa shape index (κ2) is 7.16. The molecule has 0 bridgehead atoms. The van der Waals surface area contributed by atoms with E-state index in [4.69, 9.17) is 0 Å². The zero-order valence-electron chi connectivity index (χ0n) is 12.4. The first-order valence-electron chi connectivity index (χ1n) is 6.74. The molecule has 0 spiro atoms. The van der Waals surface area contributed by atoms with Crippen LogP contribution in [0.1, 0.15) is 6.92 Å². The van der Waals surface area contributed by atoms with Gasteiger partial charge in [0.2, 0.25) is 5.60 Å². The molecule has 2 aromatic carbocycles. The minimum absolute atomic E-state index is 0.141. The molecule has 0 aliphatic rings. The van der Waals surface area contributed by atoms with Crippen molar-refractivity contribution in [2.45, 2.75) is 28.5 Å². The van der Waals surface area contributed by atoms with E-state index in [1.165, 1.54) is 17.8 Å². The Morgan fingerprint density at radius 2 is 1.75 bits per heavy atom. The number of hydrogen-bond donors (Lipinski definition) is 2. The Labute approximate surface area is 149 Å². The quantitative estimate of drug-likeness (QED) is 0.744. The van der Waals surface area contributed by atoms with Gasteiger partial charge in [-0.05, 0) is 53.2 Å². The molecular weight excluding hydrogens is 407 g/mol. The second-order valence-electron chi connectivity index (χ2n) is 5.08. The summed E-state index contributed by atoms with van der Waals surface area (Å²) in [4.78, 5) is 13.5. The molecule has 0 aliphatic carbocycles. The van der Waals surface area contributed by atoms with E-state index in [9.17, 15) is 23.1 Å². The Hall–Kier alpha value is -1.51. The van der Waals surface area contributed by atoms with Gasteiger partial charge in [0.1, 0.15) is 0 Å². The average Bonchev–Trinajstić information content (AvgIpc) is 2.49. The topological polar surface area (TPSA) is 49.3 Å². The van der Waals surface area contributed by atoms with Crippen LogP contribution in [0.15, 0.2) is 62.8 Å². The maximum Gasteiger partial charge on any atom is 0.426 e. The molecule has 128 valence electrons. The van der Waals surface area contributed by atoms with Crippen molar-refractivity contribution in [2.75, 3.05) is 5.32 Å². The third kappa shape index (κ3) is 4.31. The highest BCUT2D eigenvalue weighted by atomic mass is 79.9. The van der Waals surface area contributed by atoms with Crippen LogP contribution < -0.4 is 5.32 Å². The Morgan fingerprint density at radius 3 is 2.29 bits per heavy atom. The third-order valence-corrected chi connectivity index (χ3v) is 4.82. The van der Waals surface area contributed by atoms with E-state index in [2.05, 4.69) is 21.2 Å². The molecule has 24 heavy (non-hydrogen) atoms. The molecule has 8 heteroatoms. The summed E-state index contributed by atoms with van der Waals surface area (Å²) in [6.45, 7) is 0.413. The minimum atomic E-state index is -5.06. The summed E-state index contributed by atoms with van der Waals surface area (Å²) in [7, 11) is 0. The predicted molar refractivity (Wildman–Crippen MR) is 90.0 cm³/mol. The highest BCUT2D eigenvalue weighted by molar-refractivity contribution is 9.10. The molecule has 0 fully saturated rings. The van der Waals surface area contributed by atoms with Crippen molar-refractivity contribution < 1.29 is 23.1 Å². The van der Waals surface area contributed by atoms with Crippen molar-refractivity contribution in [3.63, 3.8) is 0 Å². The van der Waals surface area contributed by atoms with Crippen LogP contribution >= 0.6 is 27.7 Å². The van der Waals surface area contributed by atoms with Gasteiger partial charge in [-0.3, -0.25) is 4.79 Å². The molecular formula is C16H13BrF3NO2S. The van der Waals surface area contributed by atoms with E-state index >= 15 is 0 Å². The van der Waals surface area contributed by atoms with Crippen molar-refractivity contribution in [3.05, 3.63) is 53.0 Å². The second-order valence-corrected chi connectivity index (χ2v) is 7.08. The molecule has 1 unspecified atom stereocenters. The normalized spacial score (nSPS) is 14.1. The number of halogens is 4. The van der Waals surface area contributed by atoms with E-state index in [0.717, 1.165) is 9.79 Å². The summed E-state index contributed by atoms with van der Waals surface area (Å²) in [5.74, 6) is -1.54. The fraction of sp³-hybridized carbons (Fsp3) is 0.188. The standard InChI is InChI=1S/C16H13BrF3NO2S/c1-15(23,16(18,19)20)14(22)21-13-8-7-11(9-12(13)17)24-10-5-3-2-4-6-10/h2-9,23H,1H3,(H,21,22). The molecule has 2 aromatic rings. The number of aliphatic hydroxyl groups is 1. The van der Waals surface area contributed by atoms with Crippen molar-refractivity contribution in [1.82, 2.24) is 0 Å². The van der Waals surface area contributed by atoms with Crippen molar-refractivity contribution in [1.29, 1.82) is 0 Å². The Kier molecular flexibility index (Phi) is 5.62. The number of benzene rings is 2. The number of nitrogens with one attached hydrogen (secondary N) is 1. The zero-order chi connectivity index (χ0) is 18.0. The third-order valence-electron chi connectivity index (χ3n) is 3.16. The highest BCUT2D eigenvalue weighted by Gasteiger charge is 2.55. The number of rotatable bonds is 4. The van der Waals surface area contributed by atoms with Gasteiger partial charge in [0.25, 0.3) is 5.91 Å². The van der Waals surface area contributed by atoms with Crippen molar-refractivity contribution in [2.24, 2.45) is 0 Å². The Balaban J connectivity index is 2.14. The smallest absolute Gasteiger partial charge is 0.373 e. The van der Waals surface area contributed by atoms with Crippen LogP contribution in [-0.2, 0) is 4.79 Å². The number of amides is 1. The monoisotopic (exact) mass is 419 g/mol. The maximum atomic E-state index is 12.7. The molecule has 2 rings (SSSR count). The van der Waals surface area contributed by atoms with E-state index in [1.54, 1.807) is 12.1 Å². The van der Waals surface area contributed by atoms with Crippen LogP contribution in [0.4, 0.5) is 18.9 Å². The summed E-state index contributed by atoms with van der Waals surface area (Å²) in [5.41, 5.74) is -3.33. The van der Waals surface area contributed by atoms with Gasteiger partial charge in [0, 0.05) is 14.3 Å². The van der Waals surface area contributed by atoms with E-state index < -0.39 is 17.7 Å². The van der Waals surface area contributed by atoms with Gasteiger partial charge in [-0.1, -0.05) is 30.0 Å². The van der Waals surface area contributed by atoms with Gasteiger partial charge < -0.3 is 10.4 Å². The number of anilines is 1. The zero-order valence-corrected chi connectivity index (χ0v) is 14.8. The Bertz CT molecular complexity index is 736. The number of carbonyl (C=O) groups is 1. The van der Waals surface area contributed by atoms with E-state index in [1.807, 2.05) is 30.3 Å². The summed E-state index contributed by atoms with van der Waals surface area (Å²) in [6, 6.07) is 14.3. The van der Waals surface area contributed by atoms with Crippen LogP contribution in [0.3, 0.4) is 0 Å². The number of hydrogen-bond acceptors (Lipinski definition) is 3. The molecule has 2 N–H and O–H groups in total. The SMILES string of the molecule is CC(O)(C(=O)Nc1ccc(Sc2ccccc2)cc1Br)C(F)(F)F. The van der Waals surface area contributed by atoms with Crippen LogP contribution in [-0.4, -0.2) is 22.8 Å². The summed E-state index contributed by atoms with van der Waals surface area (Å²) in [5, 5.41) is 11.4. The van der Waals surface area contributed by atoms with Gasteiger partial charge in [0.15, 0.2) is 0 Å². The van der Waals surface area contributed by atoms with Crippen LogP contribution in [0.2, 0.25) is 0 Å². The van der Waals surface area contributed by atoms with Crippen LogP contribution in [0.5, 0.6) is 0 Å². The number of alkyl halides is 3. The molecule has 0 aromatic heterocycles. The average molecular weight is 420 g/mol. The van der Waals surface area contributed by atoms with Gasteiger partial charge >= 0.3 is 6.18 Å². The lowest BCUT2D eigenvalue weighted by Gasteiger charge is -2.25. The lowest BCUT2D eigenvalue weighted by Crippen LogP contribution is -2.52. The minimum Gasteiger partial charge on any atom is -0.373 e. The van der Waals surface area contributed by atoms with Crippen LogP contribution in [0, 0.1) is 0 Å². The maximum absolute atomic E-state index is 12.7. The fourth-order valence-corrected chi connectivity index (χ4v) is 3.17. The lowest BCUT2D eigenvalue weighted by atomic mass is 10.1. The molecule has 0 saturated carbocycles. The van der Waals surface area contributed by atoms with Crippen molar-refractivity contribution in [3.8, 4) is 0 Å². The van der Waals surface area contributed by atoms with Gasteiger partial charge in [-0.2, -0.15) is 13.2 Å². The van der Waals surface area contributed by atoms with E-state index in [-0.39, 0.29) is 5.69 Å². The van der Waals surface area contributed by atoms with Gasteiger partial charge in [-0.15, -0.1) is 0 Å². The Morgan fingerprint density at radius 1 is 1.12 bits per heavy atom. The molecule has 1 atom stereocenters. The lowest BCUT2D eigenvalue weighted by molar-refractivity contribution is -0.242. The first-order chi connectivity index (χ1) is 11.1. The number of carbonyl (C=O) groups excluding carboxylic acids is 1. The molecule has 1 amide bonds. The first kappa shape index (κ1) is 18.8. The molecule has 0 saturated heterocycles. The molecule has 0 radical (unpaired) electrons. The van der Waals surface area contributed by atoms with Crippen molar-refractivity contribution >= 4 is 39.3 Å². The summed E-state index contributed by atoms with van der Waals surface area (Å²) in [6.07, 6.45) is -5.06. The van der Waals surface area contributed by atoms with Gasteiger partial charge in [-0.25, -0.2) is 0 Å². The van der Waals surface area contributed by atoms with Crippen LogP contribution in [0.25, 0.3) is 0 Å². The highest BCUT2D eigenvalue weighted by Crippen LogP contribution is 2.35. The summed E-state index contributed by atoms with van der Waals surface area (Å²) >= 11 is 4.68. The molecule has 0 heterocycles. The fourth-order valence-electron chi connectivity index (χ4n) is 1.66. The van der Waals surface area contributed by atoms with E-state index in [0.29, 0.717) is 11.4 Å².